The molecule has 1 aromatic rings. The fourth-order valence-electron chi connectivity index (χ4n) is 2.24. The molecule has 0 amide bonds. The number of β-amino-alcohol motifs (C(OH)–C–C–N with tert-alkyl or cyclic N) is 1. The summed E-state index contributed by atoms with van der Waals surface area (Å²) in [6.45, 7) is 5.46. The van der Waals surface area contributed by atoms with Gasteiger partial charge in [0.25, 0.3) is 0 Å². The second-order valence-corrected chi connectivity index (χ2v) is 4.89. The SMILES string of the molecule is Cc1cc(O)c(CC2(O)CCNC2)cc1C. The fourth-order valence-corrected chi connectivity index (χ4v) is 2.24. The number of benzene rings is 1. The summed E-state index contributed by atoms with van der Waals surface area (Å²) in [6.07, 6.45) is 1.27. The third-order valence-corrected chi connectivity index (χ3v) is 3.44. The maximum Gasteiger partial charge on any atom is 0.119 e. The number of phenolic OH excluding ortho intramolecular Hbond substituents is 1. The summed E-state index contributed by atoms with van der Waals surface area (Å²) in [5.41, 5.74) is 2.38. The van der Waals surface area contributed by atoms with Crippen molar-refractivity contribution in [3.8, 4) is 5.75 Å². The molecular weight excluding hydrogens is 202 g/mol. The highest BCUT2D eigenvalue weighted by atomic mass is 16.3. The van der Waals surface area contributed by atoms with Crippen LogP contribution in [0.5, 0.6) is 5.75 Å². The van der Waals surface area contributed by atoms with Gasteiger partial charge in [-0.05, 0) is 49.6 Å². The number of aryl methyl sites for hydroxylation is 2. The van der Waals surface area contributed by atoms with E-state index in [9.17, 15) is 10.2 Å². The van der Waals surface area contributed by atoms with Gasteiger partial charge in [-0.1, -0.05) is 6.07 Å². The number of rotatable bonds is 2. The lowest BCUT2D eigenvalue weighted by molar-refractivity contribution is 0.0612. The number of hydrogen-bond acceptors (Lipinski definition) is 3. The van der Waals surface area contributed by atoms with Gasteiger partial charge in [0.1, 0.15) is 5.75 Å². The molecule has 1 aromatic carbocycles. The van der Waals surface area contributed by atoms with E-state index in [0.29, 0.717) is 18.7 Å². The minimum atomic E-state index is -0.695. The number of nitrogens with one attached hydrogen (secondary N) is 1. The van der Waals surface area contributed by atoms with Crippen LogP contribution in [0, 0.1) is 13.8 Å². The summed E-state index contributed by atoms with van der Waals surface area (Å²) in [6, 6.07) is 3.75. The molecule has 1 atom stereocenters. The van der Waals surface area contributed by atoms with Crippen LogP contribution >= 0.6 is 0 Å². The van der Waals surface area contributed by atoms with E-state index in [0.717, 1.165) is 29.7 Å². The molecule has 2 rings (SSSR count). The maximum atomic E-state index is 10.3. The van der Waals surface area contributed by atoms with Gasteiger partial charge in [0.15, 0.2) is 0 Å². The molecule has 3 nitrogen and oxygen atoms in total. The van der Waals surface area contributed by atoms with E-state index >= 15 is 0 Å². The molecule has 0 aliphatic carbocycles. The van der Waals surface area contributed by atoms with Gasteiger partial charge in [0.05, 0.1) is 5.60 Å². The van der Waals surface area contributed by atoms with Gasteiger partial charge in [0.2, 0.25) is 0 Å². The average molecular weight is 221 g/mol. The topological polar surface area (TPSA) is 52.5 Å². The molecular formula is C13H19NO2. The van der Waals surface area contributed by atoms with Crippen molar-refractivity contribution in [2.75, 3.05) is 13.1 Å². The van der Waals surface area contributed by atoms with Crippen molar-refractivity contribution in [2.24, 2.45) is 0 Å². The number of aliphatic hydroxyl groups is 1. The van der Waals surface area contributed by atoms with Crippen LogP contribution in [0.3, 0.4) is 0 Å². The highest BCUT2D eigenvalue weighted by molar-refractivity contribution is 5.41. The molecule has 1 heterocycles. The predicted octanol–water partition coefficient (Wildman–Crippen LogP) is 1.28. The van der Waals surface area contributed by atoms with E-state index in [1.54, 1.807) is 6.07 Å². The Kier molecular flexibility index (Phi) is 2.91. The normalized spacial score (nSPS) is 24.9. The molecule has 1 aliphatic heterocycles. The Morgan fingerprint density at radius 3 is 2.62 bits per heavy atom. The summed E-state index contributed by atoms with van der Waals surface area (Å²) < 4.78 is 0. The highest BCUT2D eigenvalue weighted by Crippen LogP contribution is 2.28. The molecule has 3 N–H and O–H groups in total. The number of hydrogen-bond donors (Lipinski definition) is 3. The van der Waals surface area contributed by atoms with Gasteiger partial charge >= 0.3 is 0 Å². The van der Waals surface area contributed by atoms with Gasteiger partial charge in [0, 0.05) is 13.0 Å². The molecule has 1 unspecified atom stereocenters. The molecule has 1 aliphatic rings. The third kappa shape index (κ3) is 2.20. The summed E-state index contributed by atoms with van der Waals surface area (Å²) in [5.74, 6) is 0.295. The zero-order valence-electron chi connectivity index (χ0n) is 9.88. The van der Waals surface area contributed by atoms with Crippen molar-refractivity contribution in [1.82, 2.24) is 5.32 Å². The highest BCUT2D eigenvalue weighted by Gasteiger charge is 2.31. The van der Waals surface area contributed by atoms with Crippen LogP contribution in [0.4, 0.5) is 0 Å². The largest absolute Gasteiger partial charge is 0.508 e. The van der Waals surface area contributed by atoms with E-state index in [4.69, 9.17) is 0 Å². The zero-order valence-corrected chi connectivity index (χ0v) is 9.88. The smallest absolute Gasteiger partial charge is 0.119 e. The van der Waals surface area contributed by atoms with Gasteiger partial charge in [-0.15, -0.1) is 0 Å². The van der Waals surface area contributed by atoms with Crippen molar-refractivity contribution in [3.05, 3.63) is 28.8 Å². The number of phenols is 1. The van der Waals surface area contributed by atoms with Crippen LogP contribution < -0.4 is 5.32 Å². The van der Waals surface area contributed by atoms with Crippen molar-refractivity contribution < 1.29 is 10.2 Å². The lowest BCUT2D eigenvalue weighted by Gasteiger charge is -2.22. The van der Waals surface area contributed by atoms with Crippen LogP contribution in [0.25, 0.3) is 0 Å². The molecule has 1 fully saturated rings. The lowest BCUT2D eigenvalue weighted by Crippen LogP contribution is -2.33. The second-order valence-electron chi connectivity index (χ2n) is 4.89. The molecule has 88 valence electrons. The first kappa shape index (κ1) is 11.4. The Labute approximate surface area is 96.1 Å². The van der Waals surface area contributed by atoms with Crippen molar-refractivity contribution in [3.63, 3.8) is 0 Å². The van der Waals surface area contributed by atoms with Gasteiger partial charge < -0.3 is 15.5 Å². The Balaban J connectivity index is 2.24. The van der Waals surface area contributed by atoms with Gasteiger partial charge in [-0.3, -0.25) is 0 Å². The van der Waals surface area contributed by atoms with E-state index < -0.39 is 5.60 Å². The van der Waals surface area contributed by atoms with Crippen LogP contribution in [0.15, 0.2) is 12.1 Å². The Morgan fingerprint density at radius 2 is 2.00 bits per heavy atom. The fraction of sp³-hybridized carbons (Fsp3) is 0.538. The quantitative estimate of drug-likeness (QED) is 0.705. The molecule has 0 saturated carbocycles. The first-order chi connectivity index (χ1) is 7.50. The van der Waals surface area contributed by atoms with Crippen LogP contribution in [-0.4, -0.2) is 28.9 Å². The number of aromatic hydroxyl groups is 1. The molecule has 0 radical (unpaired) electrons. The van der Waals surface area contributed by atoms with E-state index in [1.165, 1.54) is 0 Å². The summed E-state index contributed by atoms with van der Waals surface area (Å²) in [7, 11) is 0. The average Bonchev–Trinajstić information content (AvgIpc) is 2.62. The van der Waals surface area contributed by atoms with Crippen molar-refractivity contribution in [2.45, 2.75) is 32.3 Å². The Morgan fingerprint density at radius 1 is 1.31 bits per heavy atom. The summed E-state index contributed by atoms with van der Waals surface area (Å²) >= 11 is 0. The van der Waals surface area contributed by atoms with Crippen molar-refractivity contribution >= 4 is 0 Å². The van der Waals surface area contributed by atoms with Gasteiger partial charge in [-0.2, -0.15) is 0 Å². The molecule has 16 heavy (non-hydrogen) atoms. The second kappa shape index (κ2) is 4.07. The summed E-state index contributed by atoms with van der Waals surface area (Å²) in [5, 5.41) is 23.3. The van der Waals surface area contributed by atoms with Gasteiger partial charge in [-0.25, -0.2) is 0 Å². The Hall–Kier alpha value is -1.06. The van der Waals surface area contributed by atoms with Crippen LogP contribution in [0.2, 0.25) is 0 Å². The molecule has 1 saturated heterocycles. The molecule has 0 spiro atoms. The standard InChI is InChI=1S/C13H19NO2/c1-9-5-11(12(15)6-10(9)2)7-13(16)3-4-14-8-13/h5-6,14-16H,3-4,7-8H2,1-2H3. The molecule has 0 bridgehead atoms. The molecule has 3 heteroatoms. The van der Waals surface area contributed by atoms with Crippen molar-refractivity contribution in [1.29, 1.82) is 0 Å². The third-order valence-electron chi connectivity index (χ3n) is 3.44. The predicted molar refractivity (Wildman–Crippen MR) is 63.7 cm³/mol. The maximum absolute atomic E-state index is 10.3. The van der Waals surface area contributed by atoms with Crippen LogP contribution in [0.1, 0.15) is 23.1 Å². The Bertz CT molecular complexity index is 395. The van der Waals surface area contributed by atoms with Crippen LogP contribution in [-0.2, 0) is 6.42 Å². The van der Waals surface area contributed by atoms with E-state index in [2.05, 4.69) is 5.32 Å². The first-order valence-corrected chi connectivity index (χ1v) is 5.72. The molecule has 0 aromatic heterocycles. The lowest BCUT2D eigenvalue weighted by atomic mass is 9.91. The van der Waals surface area contributed by atoms with E-state index in [1.807, 2.05) is 19.9 Å². The zero-order chi connectivity index (χ0) is 11.8. The minimum absolute atomic E-state index is 0.295. The first-order valence-electron chi connectivity index (χ1n) is 5.72. The monoisotopic (exact) mass is 221 g/mol. The van der Waals surface area contributed by atoms with E-state index in [-0.39, 0.29) is 0 Å². The minimum Gasteiger partial charge on any atom is -0.508 e. The summed E-state index contributed by atoms with van der Waals surface area (Å²) in [4.78, 5) is 0.